The average molecular weight is 443 g/mol. The third-order valence-electron chi connectivity index (χ3n) is 6.78. The van der Waals surface area contributed by atoms with Crippen molar-refractivity contribution in [2.45, 2.75) is 57.0 Å². The minimum absolute atomic E-state index is 0.238. The number of fused-ring (bicyclic) bond motifs is 2. The van der Waals surface area contributed by atoms with Gasteiger partial charge in [-0.25, -0.2) is 9.59 Å². The predicted octanol–water partition coefficient (Wildman–Crippen LogP) is 3.90. The lowest BCUT2D eigenvalue weighted by molar-refractivity contribution is -0.140. The van der Waals surface area contributed by atoms with E-state index in [1.807, 2.05) is 19.1 Å². The first-order chi connectivity index (χ1) is 14.6. The molecule has 0 fully saturated rings. The molecule has 0 saturated heterocycles. The zero-order chi connectivity index (χ0) is 22.8. The molecule has 0 saturated carbocycles. The number of carbonyl (C=O) groups excluding carboxylic acids is 2. The van der Waals surface area contributed by atoms with Crippen LogP contribution in [-0.2, 0) is 46.2 Å². The summed E-state index contributed by atoms with van der Waals surface area (Å²) in [4.78, 5) is 26.5. The van der Waals surface area contributed by atoms with Gasteiger partial charge in [-0.1, -0.05) is 37.8 Å². The molecular weight excluding hydrogens is 412 g/mol. The summed E-state index contributed by atoms with van der Waals surface area (Å²) in [7, 11) is 2.15. The second kappa shape index (κ2) is 7.07. The smallest absolute Gasteiger partial charge is 0.338 e. The van der Waals surface area contributed by atoms with Crippen LogP contribution < -0.4 is 0 Å². The number of allylic oxidation sites excluding steroid dienone is 1. The molecule has 0 aromatic heterocycles. The average Bonchev–Trinajstić information content (AvgIpc) is 3.18. The number of rotatable bonds is 5. The van der Waals surface area contributed by atoms with Crippen LogP contribution in [0.1, 0.15) is 36.5 Å². The van der Waals surface area contributed by atoms with E-state index in [4.69, 9.17) is 18.9 Å². The quantitative estimate of drug-likeness (QED) is 0.391. The molecule has 2 heterocycles. The number of hydrogen-bond donors (Lipinski definition) is 0. The van der Waals surface area contributed by atoms with Crippen molar-refractivity contribution in [1.29, 1.82) is 0 Å². The maximum Gasteiger partial charge on any atom is 0.338 e. The molecule has 1 aliphatic carbocycles. The molecule has 0 N–H and O–H groups in total. The molecule has 2 aliphatic heterocycles. The summed E-state index contributed by atoms with van der Waals surface area (Å²) in [5.41, 5.74) is 1.36. The van der Waals surface area contributed by atoms with E-state index in [9.17, 15) is 9.59 Å². The second-order valence-corrected chi connectivity index (χ2v) is 14.4. The summed E-state index contributed by atoms with van der Waals surface area (Å²) in [5.74, 6) is -0.411. The fourth-order valence-electron chi connectivity index (χ4n) is 5.95. The van der Waals surface area contributed by atoms with Crippen LogP contribution in [0, 0.1) is 0 Å². The Morgan fingerprint density at radius 3 is 2.23 bits per heavy atom. The molecule has 2 unspecified atom stereocenters. The molecule has 1 aromatic carbocycles. The molecule has 31 heavy (non-hydrogen) atoms. The van der Waals surface area contributed by atoms with Gasteiger partial charge in [0.2, 0.25) is 0 Å². The zero-order valence-electron chi connectivity index (χ0n) is 19.3. The number of benzene rings is 1. The van der Waals surface area contributed by atoms with Crippen LogP contribution in [0.3, 0.4) is 0 Å². The van der Waals surface area contributed by atoms with Gasteiger partial charge in [0.1, 0.15) is 11.2 Å². The van der Waals surface area contributed by atoms with Crippen LogP contribution in [0.5, 0.6) is 0 Å². The monoisotopic (exact) mass is 442 g/mol. The largest absolute Gasteiger partial charge is 0.502 e. The van der Waals surface area contributed by atoms with Gasteiger partial charge in [-0.05, 0) is 48.1 Å². The molecule has 2 atom stereocenters. The van der Waals surface area contributed by atoms with Gasteiger partial charge >= 0.3 is 11.9 Å². The first-order valence-electron chi connectivity index (χ1n) is 10.6. The van der Waals surface area contributed by atoms with Gasteiger partial charge in [-0.3, -0.25) is 0 Å². The summed E-state index contributed by atoms with van der Waals surface area (Å²) in [6.07, 6.45) is 2.35. The van der Waals surface area contributed by atoms with Crippen LogP contribution in [-0.4, -0.2) is 41.3 Å². The molecule has 4 rings (SSSR count). The van der Waals surface area contributed by atoms with Crippen LogP contribution in [0.2, 0.25) is 19.6 Å². The third-order valence-corrected chi connectivity index (χ3v) is 8.99. The molecule has 0 radical (unpaired) electrons. The summed E-state index contributed by atoms with van der Waals surface area (Å²) < 4.78 is 23.2. The van der Waals surface area contributed by atoms with Gasteiger partial charge in [0.15, 0.2) is 0 Å². The van der Waals surface area contributed by atoms with Crippen molar-refractivity contribution < 1.29 is 28.5 Å². The summed E-state index contributed by atoms with van der Waals surface area (Å²) >= 11 is 0. The summed E-state index contributed by atoms with van der Waals surface area (Å²) in [6.45, 7) is 8.48. The lowest BCUT2D eigenvalue weighted by atomic mass is 9.66. The van der Waals surface area contributed by atoms with E-state index in [-0.39, 0.29) is 11.1 Å². The van der Waals surface area contributed by atoms with Crippen molar-refractivity contribution in [3.05, 3.63) is 57.0 Å². The van der Waals surface area contributed by atoms with Crippen molar-refractivity contribution >= 4 is 20.0 Å². The number of esters is 2. The molecule has 6 nitrogen and oxygen atoms in total. The fourth-order valence-corrected chi connectivity index (χ4v) is 8.47. The van der Waals surface area contributed by atoms with E-state index < -0.39 is 31.2 Å². The molecule has 0 amide bonds. The minimum atomic E-state index is -2.15. The number of hydrogen-bond acceptors (Lipinski definition) is 6. The fraction of sp³-hybridized carbons (Fsp3) is 0.500. The highest BCUT2D eigenvalue weighted by Gasteiger charge is 2.71. The Morgan fingerprint density at radius 1 is 1.00 bits per heavy atom. The molecule has 166 valence electrons. The van der Waals surface area contributed by atoms with Gasteiger partial charge in [0, 0.05) is 0 Å². The normalized spacial score (nSPS) is 26.9. The molecule has 7 heteroatoms. The Balaban J connectivity index is 2.23. The van der Waals surface area contributed by atoms with E-state index in [1.165, 1.54) is 14.2 Å². The standard InChI is InChI=1S/C24H30O6Si/c1-14(27-2)20(31(5,6)7)24-16-12-8-10-15-11-9-13-23(30-24,17(15)16)18(21(25)28-3)19(24)22(26)29-4/h8,10,12H,9,11,13H2,1-7H3/b20-14-. The molecule has 2 bridgehead atoms. The highest BCUT2D eigenvalue weighted by Crippen LogP contribution is 2.68. The first-order valence-corrected chi connectivity index (χ1v) is 14.1. The van der Waals surface area contributed by atoms with E-state index in [0.29, 0.717) is 12.2 Å². The van der Waals surface area contributed by atoms with Crippen LogP contribution >= 0.6 is 0 Å². The zero-order valence-corrected chi connectivity index (χ0v) is 20.3. The Bertz CT molecular complexity index is 1050. The minimum Gasteiger partial charge on any atom is -0.502 e. The lowest BCUT2D eigenvalue weighted by Gasteiger charge is -2.39. The first kappa shape index (κ1) is 21.8. The number of ether oxygens (including phenoxy) is 4. The van der Waals surface area contributed by atoms with Crippen molar-refractivity contribution in [3.8, 4) is 0 Å². The Hall–Kier alpha value is -2.38. The highest BCUT2D eigenvalue weighted by atomic mass is 28.3. The van der Waals surface area contributed by atoms with Gasteiger partial charge in [-0.2, -0.15) is 0 Å². The van der Waals surface area contributed by atoms with E-state index >= 15 is 0 Å². The van der Waals surface area contributed by atoms with Gasteiger partial charge < -0.3 is 18.9 Å². The topological polar surface area (TPSA) is 71.1 Å². The van der Waals surface area contributed by atoms with Crippen molar-refractivity contribution in [2.75, 3.05) is 21.3 Å². The maximum absolute atomic E-state index is 13.3. The Morgan fingerprint density at radius 2 is 1.65 bits per heavy atom. The van der Waals surface area contributed by atoms with E-state index in [0.717, 1.165) is 34.7 Å². The molecule has 1 aromatic rings. The predicted molar refractivity (Wildman–Crippen MR) is 118 cm³/mol. The van der Waals surface area contributed by atoms with Crippen molar-refractivity contribution in [3.63, 3.8) is 0 Å². The van der Waals surface area contributed by atoms with Crippen molar-refractivity contribution in [2.24, 2.45) is 0 Å². The lowest BCUT2D eigenvalue weighted by Crippen LogP contribution is -2.44. The Labute approximate surface area is 184 Å². The summed E-state index contributed by atoms with van der Waals surface area (Å²) in [5, 5.41) is 0.934. The SMILES string of the molecule is COC(=O)C1=C(C(=O)OC)C2(/C(=C(\C)OC)[Si](C)(C)C)OC13CCCc1cccc2c13. The maximum atomic E-state index is 13.3. The molecule has 3 aliphatic rings. The van der Waals surface area contributed by atoms with Crippen molar-refractivity contribution in [1.82, 2.24) is 0 Å². The van der Waals surface area contributed by atoms with Gasteiger partial charge in [-0.15, -0.1) is 0 Å². The summed E-state index contributed by atoms with van der Waals surface area (Å²) in [6, 6.07) is 6.12. The van der Waals surface area contributed by atoms with Crippen LogP contribution in [0.15, 0.2) is 40.3 Å². The Kier molecular flexibility index (Phi) is 4.98. The van der Waals surface area contributed by atoms with Crippen LogP contribution in [0.4, 0.5) is 0 Å². The third kappa shape index (κ3) is 2.66. The molecule has 1 spiro atoms. The van der Waals surface area contributed by atoms with Gasteiger partial charge in [0.05, 0.1) is 46.3 Å². The van der Waals surface area contributed by atoms with Crippen LogP contribution in [0.25, 0.3) is 0 Å². The number of methoxy groups -OCH3 is 3. The van der Waals surface area contributed by atoms with E-state index in [2.05, 4.69) is 25.7 Å². The van der Waals surface area contributed by atoms with Gasteiger partial charge in [0.25, 0.3) is 0 Å². The second-order valence-electron chi connectivity index (χ2n) is 9.42. The molecular formula is C24H30O6Si. The highest BCUT2D eigenvalue weighted by molar-refractivity contribution is 6.83. The number of aryl methyl sites for hydroxylation is 1. The number of carbonyl (C=O) groups is 2. The van der Waals surface area contributed by atoms with E-state index in [1.54, 1.807) is 7.11 Å².